The van der Waals surface area contributed by atoms with E-state index in [4.69, 9.17) is 4.74 Å². The van der Waals surface area contributed by atoms with Crippen molar-refractivity contribution in [2.45, 2.75) is 25.1 Å². The summed E-state index contributed by atoms with van der Waals surface area (Å²) in [7, 11) is -2.10. The number of benzene rings is 1. The Morgan fingerprint density at radius 3 is 2.40 bits per heavy atom. The highest BCUT2D eigenvalue weighted by atomic mass is 32.2. The van der Waals surface area contributed by atoms with Crippen LogP contribution in [0, 0.1) is 5.82 Å². The number of methoxy groups -OCH3 is 1. The second-order valence-corrected chi connectivity index (χ2v) is 6.96. The molecule has 1 amide bonds. The fraction of sp³-hybridized carbons (Fsp3) is 0.462. The van der Waals surface area contributed by atoms with Crippen LogP contribution in [0.2, 0.25) is 0 Å². The van der Waals surface area contributed by atoms with Gasteiger partial charge in [-0.1, -0.05) is 6.07 Å². The third kappa shape index (κ3) is 3.93. The van der Waals surface area contributed by atoms with Gasteiger partial charge in [-0.25, -0.2) is 12.8 Å². The van der Waals surface area contributed by atoms with E-state index >= 15 is 0 Å². The summed E-state index contributed by atoms with van der Waals surface area (Å²) < 4.78 is 40.9. The van der Waals surface area contributed by atoms with Crippen molar-refractivity contribution in [2.75, 3.05) is 13.4 Å². The number of sulfone groups is 1. The number of hydrogen-bond acceptors (Lipinski definition) is 4. The minimum atomic E-state index is -3.45. The Labute approximate surface area is 118 Å². The molecule has 0 aliphatic heterocycles. The molecule has 5 nitrogen and oxygen atoms in total. The summed E-state index contributed by atoms with van der Waals surface area (Å²) in [4.78, 5) is 11.8. The molecule has 0 radical (unpaired) electrons. The highest BCUT2D eigenvalue weighted by Crippen LogP contribution is 2.21. The molecule has 0 saturated carbocycles. The van der Waals surface area contributed by atoms with Crippen molar-refractivity contribution < 1.29 is 22.3 Å². The lowest BCUT2D eigenvalue weighted by Crippen LogP contribution is -2.38. The molecule has 0 heterocycles. The van der Waals surface area contributed by atoms with Crippen LogP contribution in [0.1, 0.15) is 25.5 Å². The second kappa shape index (κ2) is 6.21. The van der Waals surface area contributed by atoms with E-state index in [2.05, 4.69) is 5.32 Å². The van der Waals surface area contributed by atoms with Gasteiger partial charge < -0.3 is 10.1 Å². The summed E-state index contributed by atoms with van der Waals surface area (Å²) >= 11 is 0. The molecule has 2 atom stereocenters. The van der Waals surface area contributed by atoms with Crippen LogP contribution in [0.4, 0.5) is 4.39 Å². The molecule has 0 saturated heterocycles. The lowest BCUT2D eigenvalue weighted by Gasteiger charge is -2.17. The van der Waals surface area contributed by atoms with Crippen molar-refractivity contribution in [3.05, 3.63) is 29.6 Å². The number of hydrogen-bond donors (Lipinski definition) is 1. The first-order valence-corrected chi connectivity index (χ1v) is 7.95. The molecule has 20 heavy (non-hydrogen) atoms. The maximum atomic E-state index is 13.6. The number of ether oxygens (including phenoxy) is 1. The van der Waals surface area contributed by atoms with Gasteiger partial charge >= 0.3 is 0 Å². The number of nitrogens with one attached hydrogen (secondary N) is 1. The van der Waals surface area contributed by atoms with Crippen molar-refractivity contribution in [1.29, 1.82) is 0 Å². The molecule has 1 aromatic carbocycles. The van der Waals surface area contributed by atoms with E-state index in [1.54, 1.807) is 13.0 Å². The number of halogens is 1. The number of amides is 1. The zero-order valence-electron chi connectivity index (χ0n) is 11.8. The Morgan fingerprint density at radius 2 is 1.95 bits per heavy atom. The van der Waals surface area contributed by atoms with Gasteiger partial charge in [0.1, 0.15) is 5.25 Å². The van der Waals surface area contributed by atoms with E-state index in [1.807, 2.05) is 0 Å². The average molecular weight is 303 g/mol. The van der Waals surface area contributed by atoms with E-state index in [9.17, 15) is 17.6 Å². The second-order valence-electron chi connectivity index (χ2n) is 4.60. The van der Waals surface area contributed by atoms with Gasteiger partial charge in [0, 0.05) is 6.26 Å². The Hall–Kier alpha value is -1.63. The molecule has 0 aliphatic carbocycles. The van der Waals surface area contributed by atoms with Crippen LogP contribution < -0.4 is 10.1 Å². The van der Waals surface area contributed by atoms with Gasteiger partial charge in [-0.2, -0.15) is 0 Å². The molecule has 0 bridgehead atoms. The standard InChI is InChI=1S/C13H18FNO4S/c1-8(15-13(16)9(2)20(4,17)18)10-5-6-12(19-3)11(14)7-10/h5-9H,1-4H3,(H,15,16)/t8-,9+/m0/s1. The number of carbonyl (C=O) groups is 1. The van der Waals surface area contributed by atoms with Crippen LogP contribution in [0.3, 0.4) is 0 Å². The summed E-state index contributed by atoms with van der Waals surface area (Å²) in [6.45, 7) is 2.96. The van der Waals surface area contributed by atoms with Crippen molar-refractivity contribution in [2.24, 2.45) is 0 Å². The smallest absolute Gasteiger partial charge is 0.238 e. The van der Waals surface area contributed by atoms with Gasteiger partial charge in [0.2, 0.25) is 5.91 Å². The van der Waals surface area contributed by atoms with Gasteiger partial charge in [0.15, 0.2) is 21.4 Å². The molecule has 0 fully saturated rings. The van der Waals surface area contributed by atoms with E-state index in [0.29, 0.717) is 5.56 Å². The van der Waals surface area contributed by atoms with Crippen LogP contribution in [0.15, 0.2) is 18.2 Å². The van der Waals surface area contributed by atoms with Gasteiger partial charge in [0.25, 0.3) is 0 Å². The third-order valence-electron chi connectivity index (χ3n) is 3.05. The quantitative estimate of drug-likeness (QED) is 0.893. The van der Waals surface area contributed by atoms with E-state index in [-0.39, 0.29) is 5.75 Å². The maximum absolute atomic E-state index is 13.6. The molecular weight excluding hydrogens is 285 g/mol. The Bertz CT molecular complexity index is 600. The summed E-state index contributed by atoms with van der Waals surface area (Å²) in [5.41, 5.74) is 0.525. The van der Waals surface area contributed by atoms with Gasteiger partial charge in [-0.15, -0.1) is 0 Å². The van der Waals surface area contributed by atoms with Crippen molar-refractivity contribution in [1.82, 2.24) is 5.32 Å². The van der Waals surface area contributed by atoms with Gasteiger partial charge in [-0.3, -0.25) is 4.79 Å². The molecule has 0 spiro atoms. The van der Waals surface area contributed by atoms with E-state index in [0.717, 1.165) is 6.26 Å². The fourth-order valence-electron chi connectivity index (χ4n) is 1.56. The van der Waals surface area contributed by atoms with Crippen LogP contribution in [-0.2, 0) is 14.6 Å². The lowest BCUT2D eigenvalue weighted by molar-refractivity contribution is -0.121. The minimum Gasteiger partial charge on any atom is -0.494 e. The zero-order valence-corrected chi connectivity index (χ0v) is 12.6. The van der Waals surface area contributed by atoms with E-state index < -0.39 is 32.9 Å². The van der Waals surface area contributed by atoms with Crippen molar-refractivity contribution in [3.8, 4) is 5.75 Å². The van der Waals surface area contributed by atoms with Gasteiger partial charge in [-0.05, 0) is 31.5 Å². The average Bonchev–Trinajstić information content (AvgIpc) is 2.36. The summed E-state index contributed by atoms with van der Waals surface area (Å²) in [6.07, 6.45) is 0.995. The van der Waals surface area contributed by atoms with Crippen LogP contribution in [0.5, 0.6) is 5.75 Å². The zero-order chi connectivity index (χ0) is 15.5. The highest BCUT2D eigenvalue weighted by Gasteiger charge is 2.25. The Morgan fingerprint density at radius 1 is 1.35 bits per heavy atom. The monoisotopic (exact) mass is 303 g/mol. The highest BCUT2D eigenvalue weighted by molar-refractivity contribution is 7.92. The molecule has 1 N–H and O–H groups in total. The molecule has 1 rings (SSSR count). The van der Waals surface area contributed by atoms with E-state index in [1.165, 1.54) is 26.2 Å². The van der Waals surface area contributed by atoms with Gasteiger partial charge in [0.05, 0.1) is 13.2 Å². The van der Waals surface area contributed by atoms with Crippen molar-refractivity contribution >= 4 is 15.7 Å². The fourth-order valence-corrected chi connectivity index (χ4v) is 2.02. The van der Waals surface area contributed by atoms with Crippen LogP contribution in [-0.4, -0.2) is 32.9 Å². The summed E-state index contributed by atoms with van der Waals surface area (Å²) in [5.74, 6) is -1.05. The van der Waals surface area contributed by atoms with Crippen LogP contribution >= 0.6 is 0 Å². The van der Waals surface area contributed by atoms with Crippen LogP contribution in [0.25, 0.3) is 0 Å². The molecular formula is C13H18FNO4S. The first-order valence-electron chi connectivity index (χ1n) is 5.99. The maximum Gasteiger partial charge on any atom is 0.238 e. The largest absolute Gasteiger partial charge is 0.494 e. The number of carbonyl (C=O) groups excluding carboxylic acids is 1. The normalized spacial score (nSPS) is 14.4. The molecule has 112 valence electrons. The minimum absolute atomic E-state index is 0.108. The molecule has 0 unspecified atom stereocenters. The first-order chi connectivity index (χ1) is 9.16. The molecule has 0 aromatic heterocycles. The Kier molecular flexibility index (Phi) is 5.10. The molecule has 0 aliphatic rings. The third-order valence-corrected chi connectivity index (χ3v) is 4.54. The number of rotatable bonds is 5. The summed E-state index contributed by atoms with van der Waals surface area (Å²) in [6, 6.07) is 3.80. The summed E-state index contributed by atoms with van der Waals surface area (Å²) in [5, 5.41) is 1.40. The lowest BCUT2D eigenvalue weighted by atomic mass is 10.1. The topological polar surface area (TPSA) is 72.5 Å². The predicted octanol–water partition coefficient (Wildman–Crippen LogP) is 1.44. The predicted molar refractivity (Wildman–Crippen MR) is 73.8 cm³/mol. The SMILES string of the molecule is COc1ccc([C@H](C)NC(=O)[C@@H](C)S(C)(=O)=O)cc1F. The molecule has 1 aromatic rings. The Balaban J connectivity index is 2.84. The first kappa shape index (κ1) is 16.4. The van der Waals surface area contributed by atoms with Crippen molar-refractivity contribution in [3.63, 3.8) is 0 Å². The molecule has 7 heteroatoms.